The molecule has 0 atom stereocenters. The summed E-state index contributed by atoms with van der Waals surface area (Å²) in [4.78, 5) is 2.37. The number of likely N-dealkylation sites (N-methyl/N-ethyl adjacent to an activating group) is 1. The average molecular weight is 279 g/mol. The van der Waals surface area contributed by atoms with E-state index in [1.54, 1.807) is 0 Å². The molecule has 84 valence electrons. The van der Waals surface area contributed by atoms with E-state index in [2.05, 4.69) is 57.6 Å². The molecule has 0 aliphatic carbocycles. The zero-order chi connectivity index (χ0) is 11.3. The third kappa shape index (κ3) is 1.42. The molecule has 16 heavy (non-hydrogen) atoms. The van der Waals surface area contributed by atoms with Crippen LogP contribution in [0.2, 0.25) is 0 Å². The van der Waals surface area contributed by atoms with E-state index >= 15 is 0 Å². The Labute approximate surface area is 104 Å². The van der Waals surface area contributed by atoms with Crippen molar-refractivity contribution in [3.63, 3.8) is 0 Å². The van der Waals surface area contributed by atoms with Crippen molar-refractivity contribution < 1.29 is 0 Å². The normalized spacial score (nSPS) is 16.7. The Kier molecular flexibility index (Phi) is 2.33. The van der Waals surface area contributed by atoms with Crippen LogP contribution in [0.25, 0.3) is 10.9 Å². The monoisotopic (exact) mass is 278 g/mol. The lowest BCUT2D eigenvalue weighted by atomic mass is 10.2. The molecular weight excluding hydrogens is 264 g/mol. The molecule has 1 aliphatic heterocycles. The number of hydrogen-bond donors (Lipinski definition) is 0. The maximum atomic E-state index is 3.75. The van der Waals surface area contributed by atoms with E-state index in [1.165, 1.54) is 26.6 Å². The van der Waals surface area contributed by atoms with Crippen molar-refractivity contribution in [3.05, 3.63) is 33.9 Å². The van der Waals surface area contributed by atoms with Crippen molar-refractivity contribution in [1.29, 1.82) is 0 Å². The van der Waals surface area contributed by atoms with Crippen LogP contribution >= 0.6 is 15.9 Å². The second-order valence-corrected chi connectivity index (χ2v) is 5.46. The quantitative estimate of drug-likeness (QED) is 0.719. The van der Waals surface area contributed by atoms with Crippen LogP contribution in [0.4, 0.5) is 0 Å². The lowest BCUT2D eigenvalue weighted by molar-refractivity contribution is 0.272. The Morgan fingerprint density at radius 2 is 2.06 bits per heavy atom. The first kappa shape index (κ1) is 10.4. The minimum absolute atomic E-state index is 1.04. The molecule has 0 saturated carbocycles. The molecule has 2 aromatic rings. The summed E-state index contributed by atoms with van der Waals surface area (Å²) in [5.41, 5.74) is 4.10. The maximum Gasteiger partial charge on any atom is 0.0495 e. The first-order valence-electron chi connectivity index (χ1n) is 5.62. The van der Waals surface area contributed by atoms with E-state index in [1.807, 2.05) is 0 Å². The number of aryl methyl sites for hydroxylation is 1. The summed E-state index contributed by atoms with van der Waals surface area (Å²) >= 11 is 3.75. The molecule has 1 aliphatic rings. The van der Waals surface area contributed by atoms with Crippen LogP contribution < -0.4 is 0 Å². The fourth-order valence-corrected chi connectivity index (χ4v) is 3.15. The third-order valence-electron chi connectivity index (χ3n) is 3.38. The van der Waals surface area contributed by atoms with Gasteiger partial charge in [0.2, 0.25) is 0 Å². The standard InChI is InChI=1S/C13H15BrN2/c1-9-3-4-11-10(7-9)13(14)12-8-15(2)5-6-16(11)12/h3-4,7H,5-6,8H2,1-2H3. The summed E-state index contributed by atoms with van der Waals surface area (Å²) in [7, 11) is 2.18. The smallest absolute Gasteiger partial charge is 0.0495 e. The largest absolute Gasteiger partial charge is 0.341 e. The zero-order valence-corrected chi connectivity index (χ0v) is 11.2. The minimum atomic E-state index is 1.04. The number of aromatic nitrogens is 1. The van der Waals surface area contributed by atoms with Crippen molar-refractivity contribution >= 4 is 26.8 Å². The second-order valence-electron chi connectivity index (χ2n) is 4.67. The van der Waals surface area contributed by atoms with Gasteiger partial charge in [-0.3, -0.25) is 4.90 Å². The van der Waals surface area contributed by atoms with Gasteiger partial charge in [-0.2, -0.15) is 0 Å². The SMILES string of the molecule is Cc1ccc2c(c1)c(Br)c1n2CCN(C)C1. The summed E-state index contributed by atoms with van der Waals surface area (Å²) in [6.07, 6.45) is 0. The van der Waals surface area contributed by atoms with Crippen LogP contribution in [-0.2, 0) is 13.1 Å². The third-order valence-corrected chi connectivity index (χ3v) is 4.27. The van der Waals surface area contributed by atoms with Crippen LogP contribution in [0.5, 0.6) is 0 Å². The molecule has 0 bridgehead atoms. The molecular formula is C13H15BrN2. The molecule has 2 nitrogen and oxygen atoms in total. The van der Waals surface area contributed by atoms with Gasteiger partial charge in [-0.1, -0.05) is 11.6 Å². The molecule has 0 spiro atoms. The predicted molar refractivity (Wildman–Crippen MR) is 70.7 cm³/mol. The minimum Gasteiger partial charge on any atom is -0.341 e. The van der Waals surface area contributed by atoms with Gasteiger partial charge < -0.3 is 4.57 Å². The van der Waals surface area contributed by atoms with Gasteiger partial charge in [-0.25, -0.2) is 0 Å². The molecule has 0 amide bonds. The van der Waals surface area contributed by atoms with Gasteiger partial charge in [-0.05, 0) is 42.0 Å². The zero-order valence-electron chi connectivity index (χ0n) is 9.63. The highest BCUT2D eigenvalue weighted by molar-refractivity contribution is 9.10. The molecule has 3 rings (SSSR count). The number of halogens is 1. The Balaban J connectivity index is 2.31. The van der Waals surface area contributed by atoms with Gasteiger partial charge in [0.1, 0.15) is 0 Å². The first-order valence-corrected chi connectivity index (χ1v) is 6.42. The Morgan fingerprint density at radius 3 is 2.88 bits per heavy atom. The summed E-state index contributed by atoms with van der Waals surface area (Å²) in [6, 6.07) is 6.70. The highest BCUT2D eigenvalue weighted by atomic mass is 79.9. The van der Waals surface area contributed by atoms with Crippen molar-refractivity contribution in [2.75, 3.05) is 13.6 Å². The Hall–Kier alpha value is -0.800. The summed E-state index contributed by atoms with van der Waals surface area (Å²) in [5.74, 6) is 0. The first-order chi connectivity index (χ1) is 7.66. The van der Waals surface area contributed by atoms with Crippen LogP contribution in [0.3, 0.4) is 0 Å². The van der Waals surface area contributed by atoms with Gasteiger partial charge in [0.15, 0.2) is 0 Å². The van der Waals surface area contributed by atoms with Gasteiger partial charge in [0.05, 0.1) is 0 Å². The molecule has 0 saturated heterocycles. The summed E-state index contributed by atoms with van der Waals surface area (Å²) in [5, 5.41) is 1.35. The van der Waals surface area contributed by atoms with Crippen molar-refractivity contribution in [1.82, 2.24) is 9.47 Å². The molecule has 3 heteroatoms. The summed E-state index contributed by atoms with van der Waals surface area (Å²) < 4.78 is 3.72. The fourth-order valence-electron chi connectivity index (χ4n) is 2.50. The average Bonchev–Trinajstić information content (AvgIpc) is 2.53. The van der Waals surface area contributed by atoms with E-state index in [4.69, 9.17) is 0 Å². The van der Waals surface area contributed by atoms with E-state index in [0.717, 1.165) is 19.6 Å². The lowest BCUT2D eigenvalue weighted by Crippen LogP contribution is -2.30. The number of fused-ring (bicyclic) bond motifs is 3. The van der Waals surface area contributed by atoms with E-state index in [9.17, 15) is 0 Å². The molecule has 0 fully saturated rings. The molecule has 1 aromatic heterocycles. The van der Waals surface area contributed by atoms with Crippen LogP contribution in [0.15, 0.2) is 22.7 Å². The Morgan fingerprint density at radius 1 is 1.25 bits per heavy atom. The predicted octanol–water partition coefficient (Wildman–Crippen LogP) is 3.16. The van der Waals surface area contributed by atoms with Crippen LogP contribution in [0.1, 0.15) is 11.3 Å². The van der Waals surface area contributed by atoms with E-state index in [0.29, 0.717) is 0 Å². The molecule has 0 unspecified atom stereocenters. The van der Waals surface area contributed by atoms with Crippen LogP contribution in [-0.4, -0.2) is 23.1 Å². The summed E-state index contributed by atoms with van der Waals surface area (Å²) in [6.45, 7) is 5.41. The number of nitrogens with zero attached hydrogens (tertiary/aromatic N) is 2. The van der Waals surface area contributed by atoms with E-state index in [-0.39, 0.29) is 0 Å². The lowest BCUT2D eigenvalue weighted by Gasteiger charge is -2.25. The molecule has 0 N–H and O–H groups in total. The fraction of sp³-hybridized carbons (Fsp3) is 0.385. The second kappa shape index (κ2) is 3.60. The van der Waals surface area contributed by atoms with Crippen LogP contribution in [0, 0.1) is 6.92 Å². The van der Waals surface area contributed by atoms with Crippen molar-refractivity contribution in [2.24, 2.45) is 0 Å². The highest BCUT2D eigenvalue weighted by Crippen LogP contribution is 2.33. The number of rotatable bonds is 0. The maximum absolute atomic E-state index is 3.75. The van der Waals surface area contributed by atoms with Crippen molar-refractivity contribution in [2.45, 2.75) is 20.0 Å². The van der Waals surface area contributed by atoms with Gasteiger partial charge in [0, 0.05) is 40.7 Å². The highest BCUT2D eigenvalue weighted by Gasteiger charge is 2.20. The van der Waals surface area contributed by atoms with Gasteiger partial charge in [0.25, 0.3) is 0 Å². The topological polar surface area (TPSA) is 8.17 Å². The number of hydrogen-bond acceptors (Lipinski definition) is 1. The number of benzene rings is 1. The van der Waals surface area contributed by atoms with Crippen molar-refractivity contribution in [3.8, 4) is 0 Å². The molecule has 2 heterocycles. The molecule has 1 aromatic carbocycles. The van der Waals surface area contributed by atoms with Gasteiger partial charge in [-0.15, -0.1) is 0 Å². The molecule has 0 radical (unpaired) electrons. The van der Waals surface area contributed by atoms with E-state index < -0.39 is 0 Å². The van der Waals surface area contributed by atoms with Gasteiger partial charge >= 0.3 is 0 Å². The Bertz CT molecular complexity index is 557.